The molecule has 2 heterocycles. The smallest absolute Gasteiger partial charge is 0.223 e. The number of nitrogens with one attached hydrogen (secondary N) is 1. The summed E-state index contributed by atoms with van der Waals surface area (Å²) in [5.41, 5.74) is 13.4. The Labute approximate surface area is 99.1 Å². The average molecular weight is 230 g/mol. The molecular weight excluding hydrogens is 216 g/mol. The minimum atomic E-state index is 0.166. The van der Waals surface area contributed by atoms with Crippen molar-refractivity contribution in [3.8, 4) is 0 Å². The van der Waals surface area contributed by atoms with E-state index in [2.05, 4.69) is 20.3 Å². The Hall–Kier alpha value is -2.37. The average Bonchev–Trinajstić information content (AvgIpc) is 2.27. The Kier molecular flexibility index (Phi) is 3.04. The summed E-state index contributed by atoms with van der Waals surface area (Å²) in [4.78, 5) is 11.9. The highest BCUT2D eigenvalue weighted by atomic mass is 15.1. The molecule has 0 fully saturated rings. The summed E-state index contributed by atoms with van der Waals surface area (Å²) >= 11 is 0. The lowest BCUT2D eigenvalue weighted by Gasteiger charge is -2.08. The number of aromatic nitrogens is 3. The van der Waals surface area contributed by atoms with Crippen LogP contribution in [0.3, 0.4) is 0 Å². The van der Waals surface area contributed by atoms with E-state index in [4.69, 9.17) is 11.5 Å². The third kappa shape index (κ3) is 2.81. The molecule has 2 aromatic heterocycles. The van der Waals surface area contributed by atoms with Crippen molar-refractivity contribution in [1.82, 2.24) is 15.0 Å². The van der Waals surface area contributed by atoms with Crippen molar-refractivity contribution >= 4 is 17.6 Å². The molecule has 0 bridgehead atoms. The molecule has 0 spiro atoms. The molecule has 0 saturated carbocycles. The predicted molar refractivity (Wildman–Crippen MR) is 67.2 cm³/mol. The fourth-order valence-corrected chi connectivity index (χ4v) is 1.46. The van der Waals surface area contributed by atoms with Crippen LogP contribution in [0.15, 0.2) is 24.5 Å². The van der Waals surface area contributed by atoms with Crippen LogP contribution in [0.25, 0.3) is 0 Å². The van der Waals surface area contributed by atoms with Crippen LogP contribution in [0.1, 0.15) is 11.1 Å². The monoisotopic (exact) mass is 230 g/mol. The molecule has 0 aromatic carbocycles. The van der Waals surface area contributed by atoms with Crippen molar-refractivity contribution in [2.24, 2.45) is 0 Å². The number of hydrogen-bond acceptors (Lipinski definition) is 6. The highest BCUT2D eigenvalue weighted by Gasteiger charge is 2.01. The van der Waals surface area contributed by atoms with Crippen LogP contribution in [0.5, 0.6) is 0 Å². The van der Waals surface area contributed by atoms with E-state index in [-0.39, 0.29) is 5.95 Å². The molecule has 2 rings (SSSR count). The largest absolute Gasteiger partial charge is 0.383 e. The first-order chi connectivity index (χ1) is 8.15. The summed E-state index contributed by atoms with van der Waals surface area (Å²) in [6, 6.07) is 3.60. The van der Waals surface area contributed by atoms with Crippen LogP contribution in [-0.2, 0) is 6.54 Å². The SMILES string of the molecule is Cc1cnccc1CNc1cc(N)nc(N)n1. The first-order valence-corrected chi connectivity index (χ1v) is 5.18. The number of nitrogens with zero attached hydrogens (tertiary/aromatic N) is 3. The highest BCUT2D eigenvalue weighted by Crippen LogP contribution is 2.12. The van der Waals surface area contributed by atoms with E-state index in [9.17, 15) is 0 Å². The summed E-state index contributed by atoms with van der Waals surface area (Å²) in [5.74, 6) is 1.14. The third-order valence-corrected chi connectivity index (χ3v) is 2.36. The van der Waals surface area contributed by atoms with Gasteiger partial charge in [0.05, 0.1) is 0 Å². The number of anilines is 3. The molecule has 0 aliphatic rings. The Morgan fingerprint density at radius 2 is 2.12 bits per heavy atom. The van der Waals surface area contributed by atoms with E-state index in [1.807, 2.05) is 19.2 Å². The highest BCUT2D eigenvalue weighted by molar-refractivity contribution is 5.48. The predicted octanol–water partition coefficient (Wildman–Crippen LogP) is 0.957. The van der Waals surface area contributed by atoms with Crippen LogP contribution in [0.2, 0.25) is 0 Å². The van der Waals surface area contributed by atoms with Gasteiger partial charge in [0.25, 0.3) is 0 Å². The van der Waals surface area contributed by atoms with Crippen molar-refractivity contribution in [1.29, 1.82) is 0 Å². The van der Waals surface area contributed by atoms with Crippen molar-refractivity contribution in [2.75, 3.05) is 16.8 Å². The molecule has 0 atom stereocenters. The fraction of sp³-hybridized carbons (Fsp3) is 0.182. The zero-order chi connectivity index (χ0) is 12.3. The minimum Gasteiger partial charge on any atom is -0.383 e. The zero-order valence-electron chi connectivity index (χ0n) is 9.51. The maximum atomic E-state index is 5.58. The first-order valence-electron chi connectivity index (χ1n) is 5.18. The van der Waals surface area contributed by atoms with Gasteiger partial charge in [0.15, 0.2) is 0 Å². The first kappa shape index (κ1) is 11.1. The summed E-state index contributed by atoms with van der Waals surface area (Å²) < 4.78 is 0. The second-order valence-corrected chi connectivity index (χ2v) is 3.69. The summed E-state index contributed by atoms with van der Waals surface area (Å²) in [6.07, 6.45) is 3.58. The summed E-state index contributed by atoms with van der Waals surface area (Å²) in [6.45, 7) is 2.65. The minimum absolute atomic E-state index is 0.166. The molecule has 2 aromatic rings. The van der Waals surface area contributed by atoms with E-state index in [1.54, 1.807) is 12.3 Å². The van der Waals surface area contributed by atoms with Gasteiger partial charge in [-0.05, 0) is 24.1 Å². The summed E-state index contributed by atoms with van der Waals surface area (Å²) in [7, 11) is 0. The standard InChI is InChI=1S/C11H14N6/c1-7-5-14-3-2-8(7)6-15-10-4-9(12)16-11(13)17-10/h2-5H,6H2,1H3,(H5,12,13,15,16,17). The number of nitrogen functional groups attached to an aromatic ring is 2. The molecular formula is C11H14N6. The number of rotatable bonds is 3. The van der Waals surface area contributed by atoms with Gasteiger partial charge in [-0.3, -0.25) is 4.98 Å². The van der Waals surface area contributed by atoms with E-state index in [1.165, 1.54) is 0 Å². The molecule has 0 radical (unpaired) electrons. The van der Waals surface area contributed by atoms with Crippen molar-refractivity contribution in [2.45, 2.75) is 13.5 Å². The molecule has 0 saturated heterocycles. The van der Waals surface area contributed by atoms with Gasteiger partial charge in [0, 0.05) is 25.0 Å². The number of aryl methyl sites for hydroxylation is 1. The Bertz CT molecular complexity index is 505. The van der Waals surface area contributed by atoms with Crippen LogP contribution in [-0.4, -0.2) is 15.0 Å². The number of hydrogen-bond donors (Lipinski definition) is 3. The Morgan fingerprint density at radius 3 is 2.82 bits per heavy atom. The lowest BCUT2D eigenvalue weighted by atomic mass is 10.1. The van der Waals surface area contributed by atoms with Crippen LogP contribution in [0, 0.1) is 6.92 Å². The van der Waals surface area contributed by atoms with Crippen LogP contribution >= 0.6 is 0 Å². The van der Waals surface area contributed by atoms with Gasteiger partial charge in [0.2, 0.25) is 5.95 Å². The third-order valence-electron chi connectivity index (χ3n) is 2.36. The molecule has 0 aliphatic heterocycles. The lowest BCUT2D eigenvalue weighted by molar-refractivity contribution is 1.06. The fourth-order valence-electron chi connectivity index (χ4n) is 1.46. The van der Waals surface area contributed by atoms with Gasteiger partial charge < -0.3 is 16.8 Å². The van der Waals surface area contributed by atoms with E-state index >= 15 is 0 Å². The maximum Gasteiger partial charge on any atom is 0.223 e. The van der Waals surface area contributed by atoms with Crippen molar-refractivity contribution < 1.29 is 0 Å². The Morgan fingerprint density at radius 1 is 1.29 bits per heavy atom. The van der Waals surface area contributed by atoms with E-state index in [0.29, 0.717) is 18.2 Å². The normalized spacial score (nSPS) is 10.2. The van der Waals surface area contributed by atoms with E-state index < -0.39 is 0 Å². The molecule has 0 aliphatic carbocycles. The maximum absolute atomic E-state index is 5.58. The molecule has 6 heteroatoms. The second kappa shape index (κ2) is 4.65. The molecule has 88 valence electrons. The second-order valence-electron chi connectivity index (χ2n) is 3.69. The van der Waals surface area contributed by atoms with Gasteiger partial charge in [0.1, 0.15) is 11.6 Å². The number of pyridine rings is 1. The summed E-state index contributed by atoms with van der Waals surface area (Å²) in [5, 5.41) is 3.14. The molecule has 0 amide bonds. The van der Waals surface area contributed by atoms with Crippen molar-refractivity contribution in [3.63, 3.8) is 0 Å². The van der Waals surface area contributed by atoms with Gasteiger partial charge in [-0.25, -0.2) is 0 Å². The number of nitrogens with two attached hydrogens (primary N) is 2. The van der Waals surface area contributed by atoms with Crippen LogP contribution < -0.4 is 16.8 Å². The zero-order valence-corrected chi connectivity index (χ0v) is 9.51. The quantitative estimate of drug-likeness (QED) is 0.725. The van der Waals surface area contributed by atoms with Gasteiger partial charge >= 0.3 is 0 Å². The molecule has 5 N–H and O–H groups in total. The van der Waals surface area contributed by atoms with Crippen LogP contribution in [0.4, 0.5) is 17.6 Å². The Balaban J connectivity index is 2.10. The molecule has 17 heavy (non-hydrogen) atoms. The van der Waals surface area contributed by atoms with Crippen molar-refractivity contribution in [3.05, 3.63) is 35.7 Å². The van der Waals surface area contributed by atoms with Gasteiger partial charge in [-0.1, -0.05) is 0 Å². The molecule has 6 nitrogen and oxygen atoms in total. The van der Waals surface area contributed by atoms with E-state index in [0.717, 1.165) is 11.1 Å². The topological polar surface area (TPSA) is 103 Å². The lowest BCUT2D eigenvalue weighted by Crippen LogP contribution is -2.07. The molecule has 0 unspecified atom stereocenters. The van der Waals surface area contributed by atoms with Gasteiger partial charge in [-0.15, -0.1) is 0 Å². The van der Waals surface area contributed by atoms with Gasteiger partial charge in [-0.2, -0.15) is 9.97 Å².